The molecule has 0 fully saturated rings. The molecule has 0 saturated carbocycles. The van der Waals surface area contributed by atoms with Gasteiger partial charge in [-0.1, -0.05) is 65.2 Å². The van der Waals surface area contributed by atoms with Gasteiger partial charge in [0.1, 0.15) is 5.41 Å². The molecule has 102 valence electrons. The molecule has 0 amide bonds. The molecule has 0 aromatic heterocycles. The van der Waals surface area contributed by atoms with Crippen LogP contribution in [0.15, 0.2) is 0 Å². The second-order valence-corrected chi connectivity index (χ2v) is 5.59. The zero-order chi connectivity index (χ0) is 13.9. The number of hydrogen-bond donors (Lipinski definition) is 0. The highest BCUT2D eigenvalue weighted by atomic mass is 14.4. The van der Waals surface area contributed by atoms with Crippen LogP contribution in [0.1, 0.15) is 78.6 Å². The Bertz CT molecular complexity index is 268. The summed E-state index contributed by atoms with van der Waals surface area (Å²) in [6.45, 7) is 6.01. The van der Waals surface area contributed by atoms with Crippen molar-refractivity contribution in [3.05, 3.63) is 0 Å². The molecule has 18 heavy (non-hydrogen) atoms. The van der Waals surface area contributed by atoms with Crippen LogP contribution in [0.3, 0.4) is 0 Å². The van der Waals surface area contributed by atoms with E-state index in [1.54, 1.807) is 6.92 Å². The van der Waals surface area contributed by atoms with E-state index < -0.39 is 5.41 Å². The summed E-state index contributed by atoms with van der Waals surface area (Å²) in [5.74, 6) is 0.174. The van der Waals surface area contributed by atoms with Crippen molar-refractivity contribution in [3.63, 3.8) is 0 Å². The third-order valence-electron chi connectivity index (χ3n) is 3.94. The van der Waals surface area contributed by atoms with Gasteiger partial charge < -0.3 is 0 Å². The fraction of sp³-hybridized carbons (Fsp3) is 0.875. The maximum absolute atomic E-state index is 9.01. The minimum absolute atomic E-state index is 0.174. The molecule has 0 radical (unpaired) electrons. The Morgan fingerprint density at radius 3 is 1.78 bits per heavy atom. The monoisotopic (exact) mass is 248 g/mol. The number of nitriles is 2. The van der Waals surface area contributed by atoms with E-state index in [4.69, 9.17) is 10.5 Å². The molecular weight excluding hydrogens is 220 g/mol. The lowest BCUT2D eigenvalue weighted by Gasteiger charge is -2.21. The lowest BCUT2D eigenvalue weighted by atomic mass is 9.78. The largest absolute Gasteiger partial charge is 0.197 e. The number of hydrogen-bond acceptors (Lipinski definition) is 2. The predicted molar refractivity (Wildman–Crippen MR) is 75.7 cm³/mol. The summed E-state index contributed by atoms with van der Waals surface area (Å²) >= 11 is 0. The molecule has 2 nitrogen and oxygen atoms in total. The van der Waals surface area contributed by atoms with Gasteiger partial charge in [0, 0.05) is 0 Å². The standard InChI is InChI=1S/C16H28N2/c1-4-5-6-7-8-9-10-11-12-15(2)16(3,13-17)14-18/h15H,4-12H2,1-3H3. The Labute approximate surface area is 113 Å². The Balaban J connectivity index is 3.56. The second kappa shape index (κ2) is 9.95. The van der Waals surface area contributed by atoms with Crippen LogP contribution in [0, 0.1) is 34.0 Å². The van der Waals surface area contributed by atoms with E-state index in [1.165, 1.54) is 44.9 Å². The van der Waals surface area contributed by atoms with Gasteiger partial charge in [0.05, 0.1) is 12.1 Å². The molecule has 0 rings (SSSR count). The molecule has 0 aliphatic rings. The van der Waals surface area contributed by atoms with E-state index in [0.29, 0.717) is 0 Å². The van der Waals surface area contributed by atoms with E-state index >= 15 is 0 Å². The molecule has 0 saturated heterocycles. The Hall–Kier alpha value is -1.02. The van der Waals surface area contributed by atoms with Crippen LogP contribution in [-0.4, -0.2) is 0 Å². The molecule has 1 unspecified atom stereocenters. The first-order valence-corrected chi connectivity index (χ1v) is 7.43. The molecule has 1 atom stereocenters. The van der Waals surface area contributed by atoms with Crippen LogP contribution in [0.25, 0.3) is 0 Å². The summed E-state index contributed by atoms with van der Waals surface area (Å²) in [6.07, 6.45) is 11.4. The van der Waals surface area contributed by atoms with Crippen molar-refractivity contribution in [2.75, 3.05) is 0 Å². The molecule has 0 aromatic carbocycles. The second-order valence-electron chi connectivity index (χ2n) is 5.59. The van der Waals surface area contributed by atoms with Gasteiger partial charge >= 0.3 is 0 Å². The summed E-state index contributed by atoms with van der Waals surface area (Å²) in [7, 11) is 0. The van der Waals surface area contributed by atoms with E-state index in [0.717, 1.165) is 12.8 Å². The van der Waals surface area contributed by atoms with Gasteiger partial charge in [0.15, 0.2) is 0 Å². The van der Waals surface area contributed by atoms with Crippen LogP contribution < -0.4 is 0 Å². The van der Waals surface area contributed by atoms with Gasteiger partial charge in [-0.3, -0.25) is 0 Å². The third kappa shape index (κ3) is 6.65. The van der Waals surface area contributed by atoms with E-state index in [2.05, 4.69) is 19.1 Å². The van der Waals surface area contributed by atoms with Crippen molar-refractivity contribution in [1.82, 2.24) is 0 Å². The van der Waals surface area contributed by atoms with Gasteiger partial charge in [-0.05, 0) is 19.3 Å². The van der Waals surface area contributed by atoms with E-state index in [-0.39, 0.29) is 5.92 Å². The van der Waals surface area contributed by atoms with Gasteiger partial charge in [-0.15, -0.1) is 0 Å². The van der Waals surface area contributed by atoms with Gasteiger partial charge in [-0.2, -0.15) is 10.5 Å². The van der Waals surface area contributed by atoms with Crippen molar-refractivity contribution in [2.24, 2.45) is 11.3 Å². The number of unbranched alkanes of at least 4 members (excludes halogenated alkanes) is 7. The van der Waals surface area contributed by atoms with Crippen LogP contribution in [0.4, 0.5) is 0 Å². The first-order chi connectivity index (χ1) is 8.60. The van der Waals surface area contributed by atoms with Gasteiger partial charge in [0.25, 0.3) is 0 Å². The fourth-order valence-electron chi connectivity index (χ4n) is 2.12. The minimum atomic E-state index is -0.804. The van der Waals surface area contributed by atoms with E-state index in [9.17, 15) is 0 Å². The zero-order valence-corrected chi connectivity index (χ0v) is 12.3. The van der Waals surface area contributed by atoms with Crippen molar-refractivity contribution >= 4 is 0 Å². The minimum Gasteiger partial charge on any atom is -0.197 e. The zero-order valence-electron chi connectivity index (χ0n) is 12.3. The molecular formula is C16H28N2. The van der Waals surface area contributed by atoms with Crippen molar-refractivity contribution < 1.29 is 0 Å². The van der Waals surface area contributed by atoms with Crippen molar-refractivity contribution in [2.45, 2.75) is 78.6 Å². The topological polar surface area (TPSA) is 47.6 Å². The van der Waals surface area contributed by atoms with Gasteiger partial charge in [0.2, 0.25) is 0 Å². The van der Waals surface area contributed by atoms with Crippen LogP contribution in [0.2, 0.25) is 0 Å². The normalized spacial score (nSPS) is 12.7. The van der Waals surface area contributed by atoms with Crippen molar-refractivity contribution in [1.29, 1.82) is 10.5 Å². The quantitative estimate of drug-likeness (QED) is 0.498. The lowest BCUT2D eigenvalue weighted by Crippen LogP contribution is -2.21. The van der Waals surface area contributed by atoms with Crippen LogP contribution in [-0.2, 0) is 0 Å². The Morgan fingerprint density at radius 2 is 1.33 bits per heavy atom. The summed E-state index contributed by atoms with van der Waals surface area (Å²) in [6, 6.07) is 4.28. The molecule has 0 aliphatic carbocycles. The molecule has 0 N–H and O–H groups in total. The molecule has 0 heterocycles. The van der Waals surface area contributed by atoms with Crippen LogP contribution in [0.5, 0.6) is 0 Å². The maximum atomic E-state index is 9.01. The summed E-state index contributed by atoms with van der Waals surface area (Å²) in [4.78, 5) is 0. The predicted octanol–water partition coefficient (Wildman–Crippen LogP) is 5.21. The summed E-state index contributed by atoms with van der Waals surface area (Å²) in [5.41, 5.74) is -0.804. The molecule has 0 spiro atoms. The van der Waals surface area contributed by atoms with Gasteiger partial charge in [-0.25, -0.2) is 0 Å². The highest BCUT2D eigenvalue weighted by molar-refractivity contribution is 5.12. The summed E-state index contributed by atoms with van der Waals surface area (Å²) in [5, 5.41) is 18.0. The molecule has 0 bridgehead atoms. The average Bonchev–Trinajstić information content (AvgIpc) is 2.40. The van der Waals surface area contributed by atoms with E-state index in [1.807, 2.05) is 6.92 Å². The van der Waals surface area contributed by atoms with Crippen molar-refractivity contribution in [3.8, 4) is 12.1 Å². The number of rotatable bonds is 10. The molecule has 2 heteroatoms. The Morgan fingerprint density at radius 1 is 0.889 bits per heavy atom. The maximum Gasteiger partial charge on any atom is 0.143 e. The fourth-order valence-corrected chi connectivity index (χ4v) is 2.12. The van der Waals surface area contributed by atoms with Crippen LogP contribution >= 0.6 is 0 Å². The average molecular weight is 248 g/mol. The third-order valence-corrected chi connectivity index (χ3v) is 3.94. The number of nitrogens with zero attached hydrogens (tertiary/aromatic N) is 2. The molecule has 0 aromatic rings. The smallest absolute Gasteiger partial charge is 0.143 e. The highest BCUT2D eigenvalue weighted by Crippen LogP contribution is 2.29. The highest BCUT2D eigenvalue weighted by Gasteiger charge is 2.30. The first-order valence-electron chi connectivity index (χ1n) is 7.43. The lowest BCUT2D eigenvalue weighted by molar-refractivity contribution is 0.337. The Kier molecular flexibility index (Phi) is 9.39. The summed E-state index contributed by atoms with van der Waals surface area (Å²) < 4.78 is 0. The molecule has 0 aliphatic heterocycles. The SMILES string of the molecule is CCCCCCCCCCC(C)C(C)(C#N)C#N. The first kappa shape index (κ1) is 17.0.